The molecule has 4 heteroatoms. The summed E-state index contributed by atoms with van der Waals surface area (Å²) < 4.78 is 0. The Kier molecular flexibility index (Phi) is 5.30. The third-order valence-electron chi connectivity index (χ3n) is 6.56. The van der Waals surface area contributed by atoms with Crippen molar-refractivity contribution in [1.29, 1.82) is 0 Å². The number of hydrogen-bond acceptors (Lipinski definition) is 4. The van der Waals surface area contributed by atoms with Gasteiger partial charge in [0.05, 0.1) is 6.10 Å². The van der Waals surface area contributed by atoms with Gasteiger partial charge in [-0.05, 0) is 49.3 Å². The molecule has 1 aliphatic carbocycles. The van der Waals surface area contributed by atoms with Crippen LogP contribution in [0.1, 0.15) is 49.7 Å². The molecule has 0 spiro atoms. The fourth-order valence-electron chi connectivity index (χ4n) is 4.95. The summed E-state index contributed by atoms with van der Waals surface area (Å²) in [7, 11) is 2.18. The number of nitrogens with one attached hydrogen (secondary N) is 1. The van der Waals surface area contributed by atoms with Gasteiger partial charge in [-0.15, -0.1) is 0 Å². The number of fused-ring (bicyclic) bond motifs is 1. The van der Waals surface area contributed by atoms with E-state index >= 15 is 0 Å². The quantitative estimate of drug-likeness (QED) is 0.881. The number of benzene rings is 1. The molecule has 2 unspecified atom stereocenters. The lowest BCUT2D eigenvalue weighted by Crippen LogP contribution is -2.51. The smallest absolute Gasteiger partial charge is 0.0695 e. The van der Waals surface area contributed by atoms with Crippen molar-refractivity contribution in [2.24, 2.45) is 0 Å². The number of anilines is 1. The summed E-state index contributed by atoms with van der Waals surface area (Å²) in [5, 5.41) is 14.0. The molecule has 1 saturated carbocycles. The minimum Gasteiger partial charge on any atom is -0.391 e. The fraction of sp³-hybridized carbons (Fsp3) is 0.714. The predicted octanol–water partition coefficient (Wildman–Crippen LogP) is 2.54. The van der Waals surface area contributed by atoms with Crippen LogP contribution in [-0.2, 0) is 13.0 Å². The van der Waals surface area contributed by atoms with Crippen LogP contribution in [0, 0.1) is 0 Å². The zero-order chi connectivity index (χ0) is 17.2. The van der Waals surface area contributed by atoms with Crippen molar-refractivity contribution < 1.29 is 5.11 Å². The van der Waals surface area contributed by atoms with E-state index in [1.165, 1.54) is 55.3 Å². The van der Waals surface area contributed by atoms with E-state index in [9.17, 15) is 5.11 Å². The van der Waals surface area contributed by atoms with Gasteiger partial charge in [-0.3, -0.25) is 4.90 Å². The fourth-order valence-corrected chi connectivity index (χ4v) is 4.95. The molecular weight excluding hydrogens is 310 g/mol. The third kappa shape index (κ3) is 3.86. The van der Waals surface area contributed by atoms with Crippen LogP contribution in [0.15, 0.2) is 18.2 Å². The van der Waals surface area contributed by atoms with Crippen LogP contribution < -0.4 is 10.2 Å². The lowest BCUT2D eigenvalue weighted by atomic mass is 9.89. The summed E-state index contributed by atoms with van der Waals surface area (Å²) >= 11 is 0. The average molecular weight is 344 g/mol. The van der Waals surface area contributed by atoms with Crippen molar-refractivity contribution in [1.82, 2.24) is 10.2 Å². The summed E-state index contributed by atoms with van der Waals surface area (Å²) in [6.45, 7) is 4.40. The van der Waals surface area contributed by atoms with E-state index in [0.29, 0.717) is 12.1 Å². The summed E-state index contributed by atoms with van der Waals surface area (Å²) in [5.74, 6) is 0. The van der Waals surface area contributed by atoms with E-state index in [0.717, 1.165) is 32.6 Å². The van der Waals surface area contributed by atoms with E-state index in [1.54, 1.807) is 0 Å². The monoisotopic (exact) mass is 343 g/mol. The predicted molar refractivity (Wildman–Crippen MR) is 103 cm³/mol. The first-order valence-corrected chi connectivity index (χ1v) is 10.2. The number of nitrogens with zero attached hydrogens (tertiary/aromatic N) is 2. The first-order chi connectivity index (χ1) is 12.2. The molecule has 2 aliphatic heterocycles. The molecule has 0 radical (unpaired) electrons. The van der Waals surface area contributed by atoms with Gasteiger partial charge in [-0.1, -0.05) is 25.0 Å². The molecule has 25 heavy (non-hydrogen) atoms. The van der Waals surface area contributed by atoms with E-state index in [4.69, 9.17) is 0 Å². The normalized spacial score (nSPS) is 28.3. The first kappa shape index (κ1) is 17.3. The molecule has 0 amide bonds. The molecule has 1 aromatic rings. The molecule has 0 aromatic heterocycles. The van der Waals surface area contributed by atoms with Gasteiger partial charge in [0.15, 0.2) is 0 Å². The first-order valence-electron chi connectivity index (χ1n) is 10.2. The maximum Gasteiger partial charge on any atom is 0.0695 e. The van der Waals surface area contributed by atoms with E-state index < -0.39 is 0 Å². The molecule has 2 N–H and O–H groups in total. The second kappa shape index (κ2) is 7.65. The number of aliphatic hydroxyl groups excluding tert-OH is 1. The Hall–Kier alpha value is -1.10. The highest BCUT2D eigenvalue weighted by Crippen LogP contribution is 2.28. The number of piperidine rings is 1. The average Bonchev–Trinajstić information content (AvgIpc) is 3.01. The molecule has 2 heterocycles. The summed E-state index contributed by atoms with van der Waals surface area (Å²) in [4.78, 5) is 4.90. The standard InChI is InChI=1S/C21H33N3O/c1-23-11-8-17-14-16(6-7-19(17)23)15-22-18-9-12-24(13-10-18)20-4-2-3-5-21(20)25/h6-7,14,18,20-22,25H,2-5,8-13,15H2,1H3. The van der Waals surface area contributed by atoms with E-state index in [2.05, 4.69) is 40.4 Å². The van der Waals surface area contributed by atoms with Crippen molar-refractivity contribution in [3.05, 3.63) is 29.3 Å². The highest BCUT2D eigenvalue weighted by molar-refractivity contribution is 5.58. The highest BCUT2D eigenvalue weighted by Gasteiger charge is 2.31. The van der Waals surface area contributed by atoms with Crippen LogP contribution in [0.4, 0.5) is 5.69 Å². The van der Waals surface area contributed by atoms with Crippen molar-refractivity contribution in [3.8, 4) is 0 Å². The zero-order valence-electron chi connectivity index (χ0n) is 15.6. The molecule has 138 valence electrons. The Balaban J connectivity index is 1.25. The van der Waals surface area contributed by atoms with Crippen LogP contribution in [-0.4, -0.2) is 54.9 Å². The van der Waals surface area contributed by atoms with Crippen molar-refractivity contribution in [2.75, 3.05) is 31.6 Å². The topological polar surface area (TPSA) is 38.7 Å². The van der Waals surface area contributed by atoms with Crippen molar-refractivity contribution in [2.45, 2.75) is 69.7 Å². The maximum atomic E-state index is 10.3. The van der Waals surface area contributed by atoms with Crippen LogP contribution in [0.3, 0.4) is 0 Å². The SMILES string of the molecule is CN1CCc2cc(CNC3CCN(C4CCCCC4O)CC3)ccc21. The lowest BCUT2D eigenvalue weighted by molar-refractivity contribution is 0.00714. The minimum atomic E-state index is -0.0946. The molecule has 0 bridgehead atoms. The van der Waals surface area contributed by atoms with Gasteiger partial charge < -0.3 is 15.3 Å². The van der Waals surface area contributed by atoms with Crippen LogP contribution in [0.5, 0.6) is 0 Å². The van der Waals surface area contributed by atoms with Gasteiger partial charge in [-0.25, -0.2) is 0 Å². The van der Waals surface area contributed by atoms with Gasteiger partial charge in [0.25, 0.3) is 0 Å². The summed E-state index contributed by atoms with van der Waals surface area (Å²) in [6.07, 6.45) is 8.16. The Morgan fingerprint density at radius 1 is 1.08 bits per heavy atom. The van der Waals surface area contributed by atoms with Crippen molar-refractivity contribution >= 4 is 5.69 Å². The Labute approximate surface area is 152 Å². The molecule has 1 aromatic carbocycles. The molecule has 3 aliphatic rings. The lowest BCUT2D eigenvalue weighted by Gasteiger charge is -2.41. The zero-order valence-corrected chi connectivity index (χ0v) is 15.6. The molecule has 1 saturated heterocycles. The molecule has 4 rings (SSSR count). The van der Waals surface area contributed by atoms with Gasteiger partial charge in [-0.2, -0.15) is 0 Å². The third-order valence-corrected chi connectivity index (χ3v) is 6.56. The van der Waals surface area contributed by atoms with Crippen LogP contribution in [0.25, 0.3) is 0 Å². The highest BCUT2D eigenvalue weighted by atomic mass is 16.3. The second-order valence-corrected chi connectivity index (χ2v) is 8.24. The Bertz CT molecular complexity index is 583. The summed E-state index contributed by atoms with van der Waals surface area (Å²) in [5.41, 5.74) is 4.32. The molecule has 2 atom stereocenters. The molecule has 4 nitrogen and oxygen atoms in total. The second-order valence-electron chi connectivity index (χ2n) is 8.24. The van der Waals surface area contributed by atoms with Gasteiger partial charge >= 0.3 is 0 Å². The number of likely N-dealkylation sites (N-methyl/N-ethyl adjacent to an activating group) is 1. The van der Waals surface area contributed by atoms with Crippen LogP contribution in [0.2, 0.25) is 0 Å². The Morgan fingerprint density at radius 3 is 2.68 bits per heavy atom. The van der Waals surface area contributed by atoms with Crippen molar-refractivity contribution in [3.63, 3.8) is 0 Å². The van der Waals surface area contributed by atoms with Gasteiger partial charge in [0.1, 0.15) is 0 Å². The number of rotatable bonds is 4. The van der Waals surface area contributed by atoms with E-state index in [1.807, 2.05) is 0 Å². The Morgan fingerprint density at radius 2 is 1.88 bits per heavy atom. The number of hydrogen-bond donors (Lipinski definition) is 2. The van der Waals surface area contributed by atoms with Gasteiger partial charge in [0, 0.05) is 51.0 Å². The van der Waals surface area contributed by atoms with Crippen LogP contribution >= 0.6 is 0 Å². The minimum absolute atomic E-state index is 0.0946. The van der Waals surface area contributed by atoms with E-state index in [-0.39, 0.29) is 6.10 Å². The molecular formula is C21H33N3O. The number of likely N-dealkylation sites (tertiary alicyclic amines) is 1. The largest absolute Gasteiger partial charge is 0.391 e. The number of aliphatic hydroxyl groups is 1. The summed E-state index contributed by atoms with van der Waals surface area (Å²) in [6, 6.07) is 7.99. The maximum absolute atomic E-state index is 10.3. The molecule has 2 fully saturated rings. The van der Waals surface area contributed by atoms with Gasteiger partial charge in [0.2, 0.25) is 0 Å².